The number of carbonyl (C=O) groups excluding carboxylic acids is 2. The molecule has 0 fully saturated rings. The molecule has 0 saturated carbocycles. The van der Waals surface area contributed by atoms with Crippen molar-refractivity contribution in [2.24, 2.45) is 0 Å². The number of nitrogens with one attached hydrogen (secondary N) is 1. The van der Waals surface area contributed by atoms with Crippen LogP contribution in [0.5, 0.6) is 0 Å². The van der Waals surface area contributed by atoms with Crippen LogP contribution in [0.25, 0.3) is 16.5 Å². The lowest BCUT2D eigenvalue weighted by Crippen LogP contribution is -2.48. The van der Waals surface area contributed by atoms with Crippen LogP contribution >= 0.6 is 11.3 Å². The summed E-state index contributed by atoms with van der Waals surface area (Å²) in [5.74, 6) is -1.54. The normalized spacial score (nSPS) is 11.2. The van der Waals surface area contributed by atoms with Gasteiger partial charge in [0.15, 0.2) is 0 Å². The second kappa shape index (κ2) is 10.1. The molecular weight excluding hydrogens is 440 g/mol. The minimum absolute atomic E-state index is 0.306. The quantitative estimate of drug-likeness (QED) is 0.379. The highest BCUT2D eigenvalue weighted by Crippen LogP contribution is 2.28. The Kier molecular flexibility index (Phi) is 7.30. The van der Waals surface area contributed by atoms with Gasteiger partial charge < -0.3 is 9.84 Å². The number of aliphatic carboxylic acids is 1. The van der Waals surface area contributed by atoms with Crippen LogP contribution < -0.4 is 10.4 Å². The Hall–Kier alpha value is -3.91. The van der Waals surface area contributed by atoms with Gasteiger partial charge in [0.1, 0.15) is 5.60 Å². The van der Waals surface area contributed by atoms with E-state index in [0.717, 1.165) is 21.5 Å². The number of nitrogens with zero attached hydrogens (tertiary/aromatic N) is 1. The number of carbonyl (C=O) groups is 3. The topological polar surface area (TPSA) is 95.9 Å². The Morgan fingerprint density at radius 2 is 1.76 bits per heavy atom. The second-order valence-corrected chi connectivity index (χ2v) is 9.02. The number of rotatable bonds is 5. The molecule has 3 rings (SSSR count). The van der Waals surface area contributed by atoms with Crippen molar-refractivity contribution in [1.29, 1.82) is 0 Å². The van der Waals surface area contributed by atoms with Gasteiger partial charge in [-0.05, 0) is 73.7 Å². The number of benzene rings is 2. The average Bonchev–Trinajstić information content (AvgIpc) is 3.30. The molecule has 8 heteroatoms. The van der Waals surface area contributed by atoms with Gasteiger partial charge in [-0.1, -0.05) is 30.3 Å². The summed E-state index contributed by atoms with van der Waals surface area (Å²) in [7, 11) is 0. The van der Waals surface area contributed by atoms with E-state index >= 15 is 0 Å². The predicted molar refractivity (Wildman–Crippen MR) is 129 cm³/mol. The molecule has 2 N–H and O–H groups in total. The molecular formula is C25H24N2O5S. The number of carboxylic acids is 1. The van der Waals surface area contributed by atoms with E-state index in [-0.39, 0.29) is 0 Å². The minimum Gasteiger partial charge on any atom is -0.478 e. The first-order valence-electron chi connectivity index (χ1n) is 10.1. The Labute approximate surface area is 195 Å². The average molecular weight is 465 g/mol. The third-order valence-electron chi connectivity index (χ3n) is 4.29. The molecule has 0 spiro atoms. The minimum atomic E-state index is -1.06. The standard InChI is InChI=1S/C25H24N2O5S/c1-25(2,3)32-24(31)26-27(20-7-4-6-19(16-20)21-8-5-15-33-21)23(30)18-12-9-17(10-13-18)11-14-22(28)29/h4-16H,1-3H3,(H,26,31)(H,28,29). The largest absolute Gasteiger partial charge is 0.478 e. The maximum Gasteiger partial charge on any atom is 0.427 e. The van der Waals surface area contributed by atoms with Gasteiger partial charge in [-0.25, -0.2) is 20.0 Å². The van der Waals surface area contributed by atoms with Gasteiger partial charge in [-0.3, -0.25) is 4.79 Å². The highest BCUT2D eigenvalue weighted by atomic mass is 32.1. The monoisotopic (exact) mass is 464 g/mol. The van der Waals surface area contributed by atoms with Gasteiger partial charge in [0.25, 0.3) is 5.91 Å². The Bertz CT molecular complexity index is 1160. The lowest BCUT2D eigenvalue weighted by Gasteiger charge is -2.26. The molecule has 2 amide bonds. The van der Waals surface area contributed by atoms with Gasteiger partial charge in [0, 0.05) is 16.5 Å². The van der Waals surface area contributed by atoms with Gasteiger partial charge in [0.05, 0.1) is 5.69 Å². The van der Waals surface area contributed by atoms with E-state index in [1.54, 1.807) is 68.5 Å². The molecule has 7 nitrogen and oxygen atoms in total. The summed E-state index contributed by atoms with van der Waals surface area (Å²) in [4.78, 5) is 37.6. The van der Waals surface area contributed by atoms with Crippen LogP contribution in [0.1, 0.15) is 36.7 Å². The van der Waals surface area contributed by atoms with Crippen molar-refractivity contribution in [3.63, 3.8) is 0 Å². The van der Waals surface area contributed by atoms with E-state index in [0.29, 0.717) is 16.8 Å². The second-order valence-electron chi connectivity index (χ2n) is 8.08. The highest BCUT2D eigenvalue weighted by Gasteiger charge is 2.24. The Morgan fingerprint density at radius 1 is 1.03 bits per heavy atom. The van der Waals surface area contributed by atoms with Crippen molar-refractivity contribution in [2.45, 2.75) is 26.4 Å². The van der Waals surface area contributed by atoms with Gasteiger partial charge in [0.2, 0.25) is 0 Å². The molecule has 170 valence electrons. The fraction of sp³-hybridized carbons (Fsp3) is 0.160. The molecule has 0 atom stereocenters. The fourth-order valence-corrected chi connectivity index (χ4v) is 3.62. The van der Waals surface area contributed by atoms with E-state index in [9.17, 15) is 14.4 Å². The number of thiophene rings is 1. The number of amides is 2. The summed E-state index contributed by atoms with van der Waals surface area (Å²) in [6.07, 6.45) is 1.68. The summed E-state index contributed by atoms with van der Waals surface area (Å²) in [5, 5.41) is 11.9. The Morgan fingerprint density at radius 3 is 2.36 bits per heavy atom. The summed E-state index contributed by atoms with van der Waals surface area (Å²) >= 11 is 1.57. The summed E-state index contributed by atoms with van der Waals surface area (Å²) < 4.78 is 5.35. The molecule has 1 heterocycles. The molecule has 0 aliphatic carbocycles. The lowest BCUT2D eigenvalue weighted by atomic mass is 10.1. The highest BCUT2D eigenvalue weighted by molar-refractivity contribution is 7.13. The van der Waals surface area contributed by atoms with Crippen LogP contribution in [-0.4, -0.2) is 28.7 Å². The first-order chi connectivity index (χ1) is 15.6. The molecule has 1 aromatic heterocycles. The maximum absolute atomic E-state index is 13.4. The van der Waals surface area contributed by atoms with E-state index < -0.39 is 23.6 Å². The first-order valence-corrected chi connectivity index (χ1v) is 11.0. The van der Waals surface area contributed by atoms with Crippen LogP contribution in [0.15, 0.2) is 72.1 Å². The molecule has 0 bridgehead atoms. The van der Waals surface area contributed by atoms with E-state index in [1.165, 1.54) is 6.08 Å². The van der Waals surface area contributed by atoms with Crippen molar-refractivity contribution < 1.29 is 24.2 Å². The van der Waals surface area contributed by atoms with Crippen LogP contribution in [0.3, 0.4) is 0 Å². The molecule has 0 radical (unpaired) electrons. The van der Waals surface area contributed by atoms with Crippen LogP contribution in [0.2, 0.25) is 0 Å². The van der Waals surface area contributed by atoms with Gasteiger partial charge in [-0.2, -0.15) is 0 Å². The van der Waals surface area contributed by atoms with Crippen LogP contribution in [-0.2, 0) is 9.53 Å². The van der Waals surface area contributed by atoms with E-state index in [1.807, 2.05) is 29.6 Å². The number of carboxylic acid groups (broad SMARTS) is 1. The van der Waals surface area contributed by atoms with Crippen molar-refractivity contribution in [3.05, 3.63) is 83.2 Å². The number of hydrazine groups is 1. The molecule has 2 aromatic carbocycles. The number of anilines is 1. The predicted octanol–water partition coefficient (Wildman–Crippen LogP) is 5.60. The third-order valence-corrected chi connectivity index (χ3v) is 5.21. The third kappa shape index (κ3) is 6.78. The smallest absolute Gasteiger partial charge is 0.427 e. The number of hydrogen-bond acceptors (Lipinski definition) is 5. The Balaban J connectivity index is 1.93. The fourth-order valence-electron chi connectivity index (χ4n) is 2.90. The summed E-state index contributed by atoms with van der Waals surface area (Å²) in [6.45, 7) is 5.21. The van der Waals surface area contributed by atoms with Crippen LogP contribution in [0, 0.1) is 0 Å². The van der Waals surface area contributed by atoms with E-state index in [2.05, 4.69) is 5.43 Å². The van der Waals surface area contributed by atoms with Crippen LogP contribution in [0.4, 0.5) is 10.5 Å². The number of ether oxygens (including phenoxy) is 1. The van der Waals surface area contributed by atoms with Crippen molar-refractivity contribution in [1.82, 2.24) is 5.43 Å². The van der Waals surface area contributed by atoms with Crippen molar-refractivity contribution in [2.75, 3.05) is 5.01 Å². The summed E-state index contributed by atoms with van der Waals surface area (Å²) in [6, 6.07) is 17.6. The first kappa shape index (κ1) is 23.7. The van der Waals surface area contributed by atoms with Gasteiger partial charge >= 0.3 is 12.1 Å². The molecule has 33 heavy (non-hydrogen) atoms. The maximum atomic E-state index is 13.4. The SMILES string of the molecule is CC(C)(C)OC(=O)NN(C(=O)c1ccc(C=CC(=O)O)cc1)c1cccc(-c2cccs2)c1. The van der Waals surface area contributed by atoms with Crippen molar-refractivity contribution in [3.8, 4) is 10.4 Å². The molecule has 0 saturated heterocycles. The zero-order valence-electron chi connectivity index (χ0n) is 18.4. The molecule has 3 aromatic rings. The zero-order valence-corrected chi connectivity index (χ0v) is 19.3. The van der Waals surface area contributed by atoms with Gasteiger partial charge in [-0.15, -0.1) is 11.3 Å². The lowest BCUT2D eigenvalue weighted by molar-refractivity contribution is -0.131. The van der Waals surface area contributed by atoms with E-state index in [4.69, 9.17) is 9.84 Å². The summed E-state index contributed by atoms with van der Waals surface area (Å²) in [5.41, 5.74) is 4.11. The molecule has 0 aliphatic rings. The van der Waals surface area contributed by atoms with Crippen molar-refractivity contribution >= 4 is 41.1 Å². The number of hydrogen-bond donors (Lipinski definition) is 2. The molecule has 0 unspecified atom stereocenters. The zero-order chi connectivity index (χ0) is 24.0. The molecule has 0 aliphatic heterocycles.